The number of hydrogen-bond acceptors (Lipinski definition) is 15. The summed E-state index contributed by atoms with van der Waals surface area (Å²) in [6, 6.07) is 0. The summed E-state index contributed by atoms with van der Waals surface area (Å²) in [6.45, 7) is 9.63. The van der Waals surface area contributed by atoms with Gasteiger partial charge in [-0.05, 0) is 37.5 Å². The molecular weight excluding hydrogens is 1330 g/mol. The third-order valence-electron chi connectivity index (χ3n) is 19.8. The Balaban J connectivity index is 5.22. The van der Waals surface area contributed by atoms with Crippen LogP contribution in [0.25, 0.3) is 0 Å². The predicted molar refractivity (Wildman–Crippen MR) is 418 cm³/mol. The van der Waals surface area contributed by atoms with Gasteiger partial charge in [-0.1, -0.05) is 388 Å². The molecular formula is C83H162O17P2. The van der Waals surface area contributed by atoms with Crippen molar-refractivity contribution in [3.05, 3.63) is 0 Å². The molecule has 3 unspecified atom stereocenters. The topological polar surface area (TPSA) is 237 Å². The second kappa shape index (κ2) is 74.5. The minimum atomic E-state index is -4.96. The summed E-state index contributed by atoms with van der Waals surface area (Å²) < 4.78 is 68.8. The summed E-state index contributed by atoms with van der Waals surface area (Å²) in [6.07, 6.45) is 65.3. The summed E-state index contributed by atoms with van der Waals surface area (Å²) in [5, 5.41) is 10.7. The maximum absolute atomic E-state index is 13.1. The Labute approximate surface area is 626 Å². The molecule has 0 heterocycles. The van der Waals surface area contributed by atoms with Crippen LogP contribution in [0.5, 0.6) is 0 Å². The molecule has 6 atom stereocenters. The van der Waals surface area contributed by atoms with Crippen LogP contribution in [-0.4, -0.2) is 96.7 Å². The number of aliphatic hydroxyl groups excluding tert-OH is 1. The number of carbonyl (C=O) groups excluding carboxylic acids is 4. The Morgan fingerprint density at radius 1 is 0.284 bits per heavy atom. The third-order valence-corrected chi connectivity index (χ3v) is 21.7. The van der Waals surface area contributed by atoms with E-state index in [0.29, 0.717) is 31.6 Å². The first-order valence-electron chi connectivity index (χ1n) is 43.0. The molecule has 0 aliphatic rings. The van der Waals surface area contributed by atoms with E-state index in [-0.39, 0.29) is 25.7 Å². The average Bonchev–Trinajstić information content (AvgIpc) is 0.917. The van der Waals surface area contributed by atoms with Crippen molar-refractivity contribution >= 4 is 39.5 Å². The van der Waals surface area contributed by atoms with Crippen LogP contribution in [-0.2, 0) is 65.4 Å². The highest BCUT2D eigenvalue weighted by Gasteiger charge is 2.30. The second-order valence-corrected chi connectivity index (χ2v) is 33.5. The Kier molecular flexibility index (Phi) is 73.1. The summed E-state index contributed by atoms with van der Waals surface area (Å²) in [4.78, 5) is 73.1. The lowest BCUT2D eigenvalue weighted by Crippen LogP contribution is -2.30. The van der Waals surface area contributed by atoms with Gasteiger partial charge in [0.25, 0.3) is 0 Å². The zero-order valence-electron chi connectivity index (χ0n) is 66.9. The molecule has 0 amide bonds. The SMILES string of the molecule is CCCCCCCCCCCCCCCCCCCCCC(=O)O[C@H](COC(=O)CCCCCCCCCCCCCCCCC(C)CC)COP(=O)(O)OC[C@@H](O)COP(=O)(O)OC[C@@H](COC(=O)CCCCCCCCC(C)C)OC(=O)CCCCCCCCCCCCCCCCCC. The van der Waals surface area contributed by atoms with Crippen molar-refractivity contribution in [1.82, 2.24) is 0 Å². The Bertz CT molecular complexity index is 1960. The first-order chi connectivity index (χ1) is 49.4. The van der Waals surface area contributed by atoms with Gasteiger partial charge in [0.05, 0.1) is 26.4 Å². The highest BCUT2D eigenvalue weighted by molar-refractivity contribution is 7.47. The molecule has 0 aromatic rings. The molecule has 0 aliphatic carbocycles. The molecule has 0 rings (SSSR count). The zero-order valence-corrected chi connectivity index (χ0v) is 68.7. The number of hydrogen-bond donors (Lipinski definition) is 3. The van der Waals surface area contributed by atoms with Gasteiger partial charge in [-0.25, -0.2) is 9.13 Å². The number of rotatable bonds is 82. The minimum Gasteiger partial charge on any atom is -0.462 e. The van der Waals surface area contributed by atoms with E-state index in [4.69, 9.17) is 37.0 Å². The molecule has 0 spiro atoms. The summed E-state index contributed by atoms with van der Waals surface area (Å²) in [5.41, 5.74) is 0. The second-order valence-electron chi connectivity index (χ2n) is 30.6. The standard InChI is InChI=1S/C83H162O17P2/c1-7-10-12-14-16-18-20-22-24-26-27-28-30-36-40-44-48-56-62-67-82(87)99-78(71-93-80(85)65-59-53-46-42-38-34-32-31-33-37-41-45-52-58-64-76(6)9-3)73-97-101(89,90)95-69-77(84)70-96-102(91,92)98-74-79(72-94-81(86)66-60-54-50-49-51-57-63-75(4)5)100-83(88)68-61-55-47-43-39-35-29-25-23-21-19-17-15-13-11-8-2/h75-79,84H,7-74H2,1-6H3,(H,89,90)(H,91,92)/t76?,77-,78-,79-/m1/s1. The van der Waals surface area contributed by atoms with E-state index in [0.717, 1.165) is 102 Å². The van der Waals surface area contributed by atoms with Crippen LogP contribution in [0, 0.1) is 11.8 Å². The van der Waals surface area contributed by atoms with E-state index in [2.05, 4.69) is 41.5 Å². The third kappa shape index (κ3) is 74.9. The van der Waals surface area contributed by atoms with Crippen molar-refractivity contribution in [1.29, 1.82) is 0 Å². The van der Waals surface area contributed by atoms with Crippen LogP contribution < -0.4 is 0 Å². The van der Waals surface area contributed by atoms with Crippen molar-refractivity contribution in [3.8, 4) is 0 Å². The van der Waals surface area contributed by atoms with Gasteiger partial charge in [-0.2, -0.15) is 0 Å². The Morgan fingerprint density at radius 2 is 0.500 bits per heavy atom. The highest BCUT2D eigenvalue weighted by atomic mass is 31.2. The van der Waals surface area contributed by atoms with Crippen LogP contribution in [0.3, 0.4) is 0 Å². The summed E-state index contributed by atoms with van der Waals surface area (Å²) in [5.74, 6) is -0.578. The normalized spacial score (nSPS) is 14.1. The van der Waals surface area contributed by atoms with Gasteiger partial charge < -0.3 is 33.8 Å². The number of phosphoric ester groups is 2. The van der Waals surface area contributed by atoms with Gasteiger partial charge in [-0.3, -0.25) is 37.3 Å². The van der Waals surface area contributed by atoms with E-state index < -0.39 is 97.5 Å². The van der Waals surface area contributed by atoms with Crippen LogP contribution in [0.1, 0.15) is 440 Å². The van der Waals surface area contributed by atoms with Crippen LogP contribution >= 0.6 is 15.6 Å². The van der Waals surface area contributed by atoms with Crippen molar-refractivity contribution in [2.24, 2.45) is 11.8 Å². The number of carbonyl (C=O) groups is 4. The Morgan fingerprint density at radius 3 is 0.745 bits per heavy atom. The largest absolute Gasteiger partial charge is 0.472 e. The fraction of sp³-hybridized carbons (Fsp3) is 0.952. The summed E-state index contributed by atoms with van der Waals surface area (Å²) >= 11 is 0. The van der Waals surface area contributed by atoms with E-state index >= 15 is 0 Å². The smallest absolute Gasteiger partial charge is 0.462 e. The molecule has 17 nitrogen and oxygen atoms in total. The lowest BCUT2D eigenvalue weighted by Gasteiger charge is -2.21. The zero-order chi connectivity index (χ0) is 74.9. The molecule has 0 fully saturated rings. The molecule has 606 valence electrons. The molecule has 19 heteroatoms. The van der Waals surface area contributed by atoms with E-state index in [1.54, 1.807) is 0 Å². The van der Waals surface area contributed by atoms with Crippen molar-refractivity contribution in [3.63, 3.8) is 0 Å². The van der Waals surface area contributed by atoms with Gasteiger partial charge in [0.15, 0.2) is 12.2 Å². The number of unbranched alkanes of at least 4 members (excludes halogenated alkanes) is 51. The highest BCUT2D eigenvalue weighted by Crippen LogP contribution is 2.45. The van der Waals surface area contributed by atoms with Gasteiger partial charge in [0, 0.05) is 25.7 Å². The van der Waals surface area contributed by atoms with Crippen molar-refractivity contribution in [2.75, 3.05) is 39.6 Å². The molecule has 3 N–H and O–H groups in total. The fourth-order valence-corrected chi connectivity index (χ4v) is 14.4. The van der Waals surface area contributed by atoms with Gasteiger partial charge in [-0.15, -0.1) is 0 Å². The van der Waals surface area contributed by atoms with E-state index in [1.807, 2.05) is 0 Å². The fourth-order valence-electron chi connectivity index (χ4n) is 12.9. The Hall–Kier alpha value is -1.94. The quantitative estimate of drug-likeness (QED) is 0.0222. The van der Waals surface area contributed by atoms with Crippen molar-refractivity contribution < 1.29 is 80.2 Å². The molecule has 0 radical (unpaired) electrons. The molecule has 102 heavy (non-hydrogen) atoms. The number of aliphatic hydroxyl groups is 1. The molecule has 0 aromatic carbocycles. The van der Waals surface area contributed by atoms with Gasteiger partial charge in [0.2, 0.25) is 0 Å². The maximum atomic E-state index is 13.1. The lowest BCUT2D eigenvalue weighted by atomic mass is 9.99. The lowest BCUT2D eigenvalue weighted by molar-refractivity contribution is -0.161. The monoisotopic (exact) mass is 1490 g/mol. The molecule has 0 bridgehead atoms. The molecule has 0 saturated heterocycles. The van der Waals surface area contributed by atoms with E-state index in [1.165, 1.54) is 250 Å². The first-order valence-corrected chi connectivity index (χ1v) is 46.0. The summed E-state index contributed by atoms with van der Waals surface area (Å²) in [7, 11) is -9.92. The number of phosphoric acid groups is 2. The van der Waals surface area contributed by atoms with Crippen LogP contribution in [0.15, 0.2) is 0 Å². The van der Waals surface area contributed by atoms with E-state index in [9.17, 15) is 43.2 Å². The van der Waals surface area contributed by atoms with Crippen molar-refractivity contribution in [2.45, 2.75) is 458 Å². The first kappa shape index (κ1) is 100. The minimum absolute atomic E-state index is 0.107. The molecule has 0 aliphatic heterocycles. The molecule has 0 aromatic heterocycles. The predicted octanol–water partition coefficient (Wildman–Crippen LogP) is 25.1. The van der Waals surface area contributed by atoms with Crippen LogP contribution in [0.2, 0.25) is 0 Å². The van der Waals surface area contributed by atoms with Crippen LogP contribution in [0.4, 0.5) is 0 Å². The van der Waals surface area contributed by atoms with Gasteiger partial charge in [0.1, 0.15) is 19.3 Å². The maximum Gasteiger partial charge on any atom is 0.472 e. The number of esters is 4. The average molecular weight is 1490 g/mol. The molecule has 0 saturated carbocycles. The number of ether oxygens (including phenoxy) is 4. The van der Waals surface area contributed by atoms with Gasteiger partial charge >= 0.3 is 39.5 Å².